The summed E-state index contributed by atoms with van der Waals surface area (Å²) in [6.07, 6.45) is -3.11. The molecule has 0 aliphatic heterocycles. The van der Waals surface area contributed by atoms with E-state index in [1.54, 1.807) is 0 Å². The van der Waals surface area contributed by atoms with Crippen molar-refractivity contribution < 1.29 is 30.3 Å². The standard InChI is InChI=1S/C12H25NO6/c13-6-4-2-1-3-5-8(15)10(17)12(19)11(18)9(16)7-14/h8-11,14-18H,1-7,13H2/t8?,9-,10+,11-/m1/s1. The van der Waals surface area contributed by atoms with Crippen LogP contribution in [0, 0.1) is 0 Å². The number of Topliss-reactive ketones (excluding diaryl/α,β-unsaturated/α-hetero) is 1. The highest BCUT2D eigenvalue weighted by Crippen LogP contribution is 2.11. The first-order valence-electron chi connectivity index (χ1n) is 6.52. The van der Waals surface area contributed by atoms with Gasteiger partial charge in [-0.3, -0.25) is 4.79 Å². The topological polar surface area (TPSA) is 144 Å². The van der Waals surface area contributed by atoms with Crippen LogP contribution in [0.2, 0.25) is 0 Å². The molecule has 0 saturated carbocycles. The highest BCUT2D eigenvalue weighted by Gasteiger charge is 2.32. The van der Waals surface area contributed by atoms with Gasteiger partial charge in [0.05, 0.1) is 12.7 Å². The summed E-state index contributed by atoms with van der Waals surface area (Å²) in [6.45, 7) is -0.191. The quantitative estimate of drug-likeness (QED) is 0.238. The Bertz CT molecular complexity index is 250. The molecular formula is C12H25NO6. The number of nitrogens with two attached hydrogens (primary N) is 1. The first-order chi connectivity index (χ1) is 8.95. The van der Waals surface area contributed by atoms with Crippen molar-refractivity contribution in [2.24, 2.45) is 5.73 Å². The van der Waals surface area contributed by atoms with Crippen molar-refractivity contribution in [3.8, 4) is 0 Å². The van der Waals surface area contributed by atoms with Crippen molar-refractivity contribution in [2.45, 2.75) is 56.5 Å². The zero-order valence-electron chi connectivity index (χ0n) is 11.0. The zero-order valence-corrected chi connectivity index (χ0v) is 11.0. The molecule has 114 valence electrons. The van der Waals surface area contributed by atoms with E-state index in [1.165, 1.54) is 0 Å². The van der Waals surface area contributed by atoms with Crippen LogP contribution in [-0.4, -0.2) is 68.9 Å². The number of aliphatic hydroxyl groups is 5. The van der Waals surface area contributed by atoms with E-state index in [9.17, 15) is 20.1 Å². The van der Waals surface area contributed by atoms with Gasteiger partial charge in [0, 0.05) is 0 Å². The minimum absolute atomic E-state index is 0.222. The number of carbonyl (C=O) groups excluding carboxylic acids is 1. The fourth-order valence-corrected chi connectivity index (χ4v) is 1.66. The molecule has 19 heavy (non-hydrogen) atoms. The van der Waals surface area contributed by atoms with Crippen LogP contribution >= 0.6 is 0 Å². The molecular weight excluding hydrogens is 254 g/mol. The molecule has 0 spiro atoms. The van der Waals surface area contributed by atoms with E-state index in [0.717, 1.165) is 19.3 Å². The zero-order chi connectivity index (χ0) is 14.8. The first kappa shape index (κ1) is 18.4. The third kappa shape index (κ3) is 6.95. The van der Waals surface area contributed by atoms with Crippen LogP contribution < -0.4 is 5.73 Å². The summed E-state index contributed by atoms with van der Waals surface area (Å²) in [5.41, 5.74) is 5.33. The molecule has 0 aliphatic rings. The summed E-state index contributed by atoms with van der Waals surface area (Å²) in [4.78, 5) is 11.5. The second-order valence-electron chi connectivity index (χ2n) is 4.60. The Morgan fingerprint density at radius 1 is 0.895 bits per heavy atom. The maximum absolute atomic E-state index is 11.5. The van der Waals surface area contributed by atoms with Gasteiger partial charge in [0.25, 0.3) is 0 Å². The molecule has 0 fully saturated rings. The number of aliphatic hydroxyl groups excluding tert-OH is 5. The Morgan fingerprint density at radius 3 is 1.95 bits per heavy atom. The lowest BCUT2D eigenvalue weighted by molar-refractivity contribution is -0.149. The van der Waals surface area contributed by atoms with Gasteiger partial charge in [-0.15, -0.1) is 0 Å². The van der Waals surface area contributed by atoms with Crippen molar-refractivity contribution in [1.29, 1.82) is 0 Å². The third-order valence-corrected chi connectivity index (χ3v) is 2.95. The number of carbonyl (C=O) groups is 1. The van der Waals surface area contributed by atoms with Crippen molar-refractivity contribution in [3.63, 3.8) is 0 Å². The smallest absolute Gasteiger partial charge is 0.195 e. The van der Waals surface area contributed by atoms with E-state index in [1.807, 2.05) is 0 Å². The predicted molar refractivity (Wildman–Crippen MR) is 68.3 cm³/mol. The molecule has 0 aliphatic carbocycles. The van der Waals surface area contributed by atoms with Gasteiger partial charge in [0.2, 0.25) is 0 Å². The summed E-state index contributed by atoms with van der Waals surface area (Å²) in [7, 11) is 0. The van der Waals surface area contributed by atoms with Gasteiger partial charge < -0.3 is 31.3 Å². The number of hydrogen-bond donors (Lipinski definition) is 6. The third-order valence-electron chi connectivity index (χ3n) is 2.95. The molecule has 7 N–H and O–H groups in total. The maximum Gasteiger partial charge on any atom is 0.195 e. The number of unbranched alkanes of at least 4 members (excludes halogenated alkanes) is 3. The normalized spacial score (nSPS) is 17.8. The minimum Gasteiger partial charge on any atom is -0.394 e. The van der Waals surface area contributed by atoms with Crippen LogP contribution in [0.3, 0.4) is 0 Å². The molecule has 0 radical (unpaired) electrons. The van der Waals surface area contributed by atoms with E-state index in [0.29, 0.717) is 13.0 Å². The van der Waals surface area contributed by atoms with Crippen LogP contribution in [-0.2, 0) is 4.79 Å². The summed E-state index contributed by atoms with van der Waals surface area (Å²) >= 11 is 0. The van der Waals surface area contributed by atoms with Crippen LogP contribution in [0.25, 0.3) is 0 Å². The van der Waals surface area contributed by atoms with Gasteiger partial charge in [0.1, 0.15) is 18.3 Å². The fraction of sp³-hybridized carbons (Fsp3) is 0.917. The summed E-state index contributed by atoms with van der Waals surface area (Å²) in [5.74, 6) is -1.09. The lowest BCUT2D eigenvalue weighted by atomic mass is 9.97. The molecule has 0 heterocycles. The first-order valence-corrected chi connectivity index (χ1v) is 6.52. The molecule has 0 amide bonds. The van der Waals surface area contributed by atoms with Crippen molar-refractivity contribution >= 4 is 5.78 Å². The lowest BCUT2D eigenvalue weighted by Crippen LogP contribution is -2.46. The molecule has 0 aromatic rings. The Hall–Kier alpha value is -0.570. The molecule has 7 nitrogen and oxygen atoms in total. The molecule has 0 rings (SSSR count). The summed E-state index contributed by atoms with van der Waals surface area (Å²) in [6, 6.07) is 0. The van der Waals surface area contributed by atoms with Crippen LogP contribution in [0.5, 0.6) is 0 Å². The van der Waals surface area contributed by atoms with Gasteiger partial charge >= 0.3 is 0 Å². The van der Waals surface area contributed by atoms with E-state index in [2.05, 4.69) is 0 Å². The molecule has 0 bridgehead atoms. The van der Waals surface area contributed by atoms with E-state index >= 15 is 0 Å². The van der Waals surface area contributed by atoms with Gasteiger partial charge in [-0.2, -0.15) is 0 Å². The van der Waals surface area contributed by atoms with E-state index < -0.39 is 36.8 Å². The molecule has 4 atom stereocenters. The highest BCUT2D eigenvalue weighted by molar-refractivity contribution is 5.88. The van der Waals surface area contributed by atoms with Crippen LogP contribution in [0.4, 0.5) is 0 Å². The van der Waals surface area contributed by atoms with Crippen LogP contribution in [0.15, 0.2) is 0 Å². The van der Waals surface area contributed by atoms with Crippen molar-refractivity contribution in [3.05, 3.63) is 0 Å². The molecule has 0 aromatic heterocycles. The van der Waals surface area contributed by atoms with E-state index in [4.69, 9.17) is 15.9 Å². The van der Waals surface area contributed by atoms with Gasteiger partial charge in [0.15, 0.2) is 5.78 Å². The van der Waals surface area contributed by atoms with Gasteiger partial charge in [-0.05, 0) is 19.4 Å². The number of ketones is 1. The summed E-state index contributed by atoms with van der Waals surface area (Å²) < 4.78 is 0. The number of hydrogen-bond acceptors (Lipinski definition) is 7. The van der Waals surface area contributed by atoms with Gasteiger partial charge in [-0.25, -0.2) is 0 Å². The van der Waals surface area contributed by atoms with E-state index in [-0.39, 0.29) is 6.42 Å². The Balaban J connectivity index is 4.03. The van der Waals surface area contributed by atoms with Crippen molar-refractivity contribution in [2.75, 3.05) is 13.2 Å². The second-order valence-corrected chi connectivity index (χ2v) is 4.60. The highest BCUT2D eigenvalue weighted by atomic mass is 16.4. The molecule has 0 aromatic carbocycles. The Labute approximate surface area is 112 Å². The van der Waals surface area contributed by atoms with Crippen molar-refractivity contribution in [1.82, 2.24) is 0 Å². The average Bonchev–Trinajstić information content (AvgIpc) is 2.43. The minimum atomic E-state index is -1.90. The molecule has 7 heteroatoms. The monoisotopic (exact) mass is 279 g/mol. The number of rotatable bonds is 11. The molecule has 0 saturated heterocycles. The lowest BCUT2D eigenvalue weighted by Gasteiger charge is -2.21. The SMILES string of the molecule is NCCCCCCC(O)[C@H](O)C(=O)[C@H](O)[C@H](O)CO. The summed E-state index contributed by atoms with van der Waals surface area (Å²) in [5, 5.41) is 46.1. The predicted octanol–water partition coefficient (Wildman–Crippen LogP) is -2.10. The van der Waals surface area contributed by atoms with Gasteiger partial charge in [-0.1, -0.05) is 19.3 Å². The Kier molecular flexibility index (Phi) is 9.94. The molecule has 1 unspecified atom stereocenters. The Morgan fingerprint density at radius 2 is 1.42 bits per heavy atom. The maximum atomic E-state index is 11.5. The fourth-order valence-electron chi connectivity index (χ4n) is 1.66. The second kappa shape index (κ2) is 10.2. The largest absolute Gasteiger partial charge is 0.394 e. The average molecular weight is 279 g/mol. The van der Waals surface area contributed by atoms with Crippen LogP contribution in [0.1, 0.15) is 32.1 Å².